The highest BCUT2D eigenvalue weighted by Crippen LogP contribution is 2.30. The van der Waals surface area contributed by atoms with Crippen LogP contribution in [0.2, 0.25) is 0 Å². The molecule has 178 valence electrons. The van der Waals surface area contributed by atoms with Crippen LogP contribution in [0.25, 0.3) is 10.9 Å². The number of rotatable bonds is 7. The highest BCUT2D eigenvalue weighted by molar-refractivity contribution is 5.87. The van der Waals surface area contributed by atoms with Crippen molar-refractivity contribution in [1.29, 1.82) is 0 Å². The van der Waals surface area contributed by atoms with E-state index in [2.05, 4.69) is 45.6 Å². The lowest BCUT2D eigenvalue weighted by Crippen LogP contribution is -2.40. The van der Waals surface area contributed by atoms with E-state index >= 15 is 0 Å². The first kappa shape index (κ1) is 22.7. The highest BCUT2D eigenvalue weighted by atomic mass is 16.5. The molecule has 1 aliphatic carbocycles. The Kier molecular flexibility index (Phi) is 7.27. The van der Waals surface area contributed by atoms with Crippen LogP contribution in [0.1, 0.15) is 37.7 Å². The molecule has 0 spiro atoms. The van der Waals surface area contributed by atoms with Crippen LogP contribution >= 0.6 is 0 Å². The summed E-state index contributed by atoms with van der Waals surface area (Å²) in [5.41, 5.74) is 3.58. The number of ether oxygens (including phenoxy) is 3. The average Bonchev–Trinajstić information content (AvgIpc) is 3.14. The molecule has 2 unspecified atom stereocenters. The van der Waals surface area contributed by atoms with Gasteiger partial charge in [-0.15, -0.1) is 0 Å². The van der Waals surface area contributed by atoms with E-state index in [1.165, 1.54) is 11.1 Å². The fraction of sp³-hybridized carbons (Fsp3) is 0.393. The summed E-state index contributed by atoms with van der Waals surface area (Å²) in [5, 5.41) is 4.97. The maximum absolute atomic E-state index is 5.90. The second-order valence-electron chi connectivity index (χ2n) is 9.03. The molecule has 2 atom stereocenters. The molecule has 2 aromatic rings. The molecule has 2 aliphatic heterocycles. The molecule has 5 rings (SSSR count). The number of aromatic nitrogens is 1. The molecule has 6 nitrogen and oxygen atoms in total. The average molecular weight is 460 g/mol. The Morgan fingerprint density at radius 1 is 1.21 bits per heavy atom. The Bertz CT molecular complexity index is 1120. The van der Waals surface area contributed by atoms with Gasteiger partial charge in [0, 0.05) is 30.7 Å². The number of allylic oxidation sites excluding steroid dienone is 3. The van der Waals surface area contributed by atoms with Crippen LogP contribution < -0.4 is 10.1 Å². The van der Waals surface area contributed by atoms with Gasteiger partial charge in [0.25, 0.3) is 0 Å². The standard InChI is InChI=1S/C28H33N3O3/c1-32-25-11-5-10-24-22(12-14-29-27(24)25)19-30-23-9-6-15-31(16-13-23)28(21-7-3-2-4-8-21)26-20-33-17-18-34-26/h2-3,5,7,10-12,14,17-18,20,23,28,30H,4,6,8-9,13,15-16,19H2,1H3. The first-order chi connectivity index (χ1) is 16.8. The molecule has 6 heteroatoms. The maximum Gasteiger partial charge on any atom is 0.160 e. The summed E-state index contributed by atoms with van der Waals surface area (Å²) >= 11 is 0. The third kappa shape index (κ3) is 5.03. The number of methoxy groups -OCH3 is 1. The normalized spacial score (nSPS) is 21.7. The van der Waals surface area contributed by atoms with Crippen LogP contribution in [-0.4, -0.2) is 42.2 Å². The van der Waals surface area contributed by atoms with Crippen molar-refractivity contribution in [2.75, 3.05) is 20.2 Å². The van der Waals surface area contributed by atoms with E-state index in [1.807, 2.05) is 18.3 Å². The van der Waals surface area contributed by atoms with Gasteiger partial charge in [-0.1, -0.05) is 30.4 Å². The van der Waals surface area contributed by atoms with Crippen LogP contribution in [0.4, 0.5) is 0 Å². The Labute approximate surface area is 201 Å². The SMILES string of the molecule is COc1cccc2c(CNC3CCCN(C(C4=CC=CCC4)C4=COC=CO4)CC3)ccnc12. The molecule has 1 aromatic carbocycles. The first-order valence-corrected chi connectivity index (χ1v) is 12.2. The minimum absolute atomic E-state index is 0.130. The van der Waals surface area contributed by atoms with Crippen LogP contribution in [0.15, 0.2) is 78.8 Å². The van der Waals surface area contributed by atoms with Gasteiger partial charge in [0.05, 0.1) is 13.2 Å². The summed E-state index contributed by atoms with van der Waals surface area (Å²) in [5.74, 6) is 1.70. The third-order valence-electron chi connectivity index (χ3n) is 6.94. The molecule has 0 saturated carbocycles. The largest absolute Gasteiger partial charge is 0.494 e. The Balaban J connectivity index is 1.26. The molecular formula is C28H33N3O3. The van der Waals surface area contributed by atoms with E-state index in [4.69, 9.17) is 14.2 Å². The second-order valence-corrected chi connectivity index (χ2v) is 9.03. The Morgan fingerprint density at radius 2 is 2.18 bits per heavy atom. The molecule has 1 fully saturated rings. The number of fused-ring (bicyclic) bond motifs is 1. The van der Waals surface area contributed by atoms with Gasteiger partial charge in [0.1, 0.15) is 30.1 Å². The summed E-state index contributed by atoms with van der Waals surface area (Å²) in [6, 6.07) is 8.83. The van der Waals surface area contributed by atoms with E-state index in [9.17, 15) is 0 Å². The van der Waals surface area contributed by atoms with Crippen molar-refractivity contribution in [3.63, 3.8) is 0 Å². The topological polar surface area (TPSA) is 55.9 Å². The van der Waals surface area contributed by atoms with Crippen molar-refractivity contribution in [1.82, 2.24) is 15.2 Å². The van der Waals surface area contributed by atoms with Gasteiger partial charge >= 0.3 is 0 Å². The van der Waals surface area contributed by atoms with E-state index in [1.54, 1.807) is 25.9 Å². The van der Waals surface area contributed by atoms with Gasteiger partial charge in [-0.05, 0) is 61.9 Å². The van der Waals surface area contributed by atoms with Gasteiger partial charge in [-0.25, -0.2) is 0 Å². The van der Waals surface area contributed by atoms with Gasteiger partial charge in [0.2, 0.25) is 0 Å². The number of likely N-dealkylation sites (tertiary alicyclic amines) is 1. The Hall–Kier alpha value is -3.09. The molecule has 1 saturated heterocycles. The van der Waals surface area contributed by atoms with E-state index in [-0.39, 0.29) is 6.04 Å². The number of benzene rings is 1. The van der Waals surface area contributed by atoms with Crippen molar-refractivity contribution in [3.8, 4) is 5.75 Å². The first-order valence-electron chi connectivity index (χ1n) is 12.2. The van der Waals surface area contributed by atoms with Crippen molar-refractivity contribution in [2.45, 2.75) is 50.7 Å². The molecule has 0 radical (unpaired) electrons. The number of hydrogen-bond acceptors (Lipinski definition) is 6. The molecule has 1 aromatic heterocycles. The lowest BCUT2D eigenvalue weighted by atomic mass is 9.95. The summed E-state index contributed by atoms with van der Waals surface area (Å²) in [6.07, 6.45) is 19.0. The molecule has 3 heterocycles. The van der Waals surface area contributed by atoms with Crippen molar-refractivity contribution in [3.05, 3.63) is 84.4 Å². The zero-order chi connectivity index (χ0) is 23.2. The van der Waals surface area contributed by atoms with Gasteiger partial charge in [-0.2, -0.15) is 0 Å². The molecule has 3 aliphatic rings. The summed E-state index contributed by atoms with van der Waals surface area (Å²) in [4.78, 5) is 7.10. The molecular weight excluding hydrogens is 426 g/mol. The minimum atomic E-state index is 0.130. The lowest BCUT2D eigenvalue weighted by Gasteiger charge is -2.34. The van der Waals surface area contributed by atoms with Crippen LogP contribution in [0, 0.1) is 0 Å². The quantitative estimate of drug-likeness (QED) is 0.615. The van der Waals surface area contributed by atoms with Crippen LogP contribution in [0.3, 0.4) is 0 Å². The third-order valence-corrected chi connectivity index (χ3v) is 6.94. The fourth-order valence-corrected chi connectivity index (χ4v) is 5.21. The fourth-order valence-electron chi connectivity index (χ4n) is 5.21. The summed E-state index contributed by atoms with van der Waals surface area (Å²) in [6.45, 7) is 2.88. The Morgan fingerprint density at radius 3 is 3.00 bits per heavy atom. The number of hydrogen-bond donors (Lipinski definition) is 1. The van der Waals surface area contributed by atoms with Crippen LogP contribution in [0.5, 0.6) is 5.75 Å². The van der Waals surface area contributed by atoms with Crippen molar-refractivity contribution < 1.29 is 14.2 Å². The van der Waals surface area contributed by atoms with Gasteiger partial charge in [-0.3, -0.25) is 9.88 Å². The van der Waals surface area contributed by atoms with E-state index in [0.29, 0.717) is 6.04 Å². The summed E-state index contributed by atoms with van der Waals surface area (Å²) < 4.78 is 16.9. The molecule has 34 heavy (non-hydrogen) atoms. The monoisotopic (exact) mass is 459 g/mol. The van der Waals surface area contributed by atoms with Gasteiger partial charge < -0.3 is 19.5 Å². The minimum Gasteiger partial charge on any atom is -0.494 e. The number of pyridine rings is 1. The smallest absolute Gasteiger partial charge is 0.160 e. The highest BCUT2D eigenvalue weighted by Gasteiger charge is 2.30. The zero-order valence-electron chi connectivity index (χ0n) is 19.8. The number of nitrogens with one attached hydrogen (secondary N) is 1. The summed E-state index contributed by atoms with van der Waals surface area (Å²) in [7, 11) is 1.70. The van der Waals surface area contributed by atoms with E-state index < -0.39 is 0 Å². The predicted molar refractivity (Wildman–Crippen MR) is 134 cm³/mol. The maximum atomic E-state index is 5.90. The molecule has 1 N–H and O–H groups in total. The number of para-hydroxylation sites is 1. The second kappa shape index (κ2) is 10.9. The zero-order valence-corrected chi connectivity index (χ0v) is 19.8. The molecule has 0 amide bonds. The van der Waals surface area contributed by atoms with E-state index in [0.717, 1.165) is 74.1 Å². The van der Waals surface area contributed by atoms with Crippen molar-refractivity contribution in [2.24, 2.45) is 0 Å². The molecule has 0 bridgehead atoms. The van der Waals surface area contributed by atoms with Crippen LogP contribution in [-0.2, 0) is 16.0 Å². The lowest BCUT2D eigenvalue weighted by molar-refractivity contribution is 0.162. The predicted octanol–water partition coefficient (Wildman–Crippen LogP) is 5.19. The van der Waals surface area contributed by atoms with Crippen molar-refractivity contribution >= 4 is 10.9 Å². The van der Waals surface area contributed by atoms with Gasteiger partial charge in [0.15, 0.2) is 5.76 Å². The number of nitrogens with zero attached hydrogens (tertiary/aromatic N) is 2.